The largest absolute Gasteiger partial charge is 0.491 e. The molecule has 0 saturated heterocycles. The van der Waals surface area contributed by atoms with Gasteiger partial charge in [-0.05, 0) is 40.3 Å². The lowest BCUT2D eigenvalue weighted by Gasteiger charge is -2.44. The molecule has 0 unspecified atom stereocenters. The van der Waals surface area contributed by atoms with Crippen LogP contribution in [0.4, 0.5) is 0 Å². The van der Waals surface area contributed by atoms with Crippen LogP contribution in [0.15, 0.2) is 108 Å². The first-order chi connectivity index (χ1) is 19.4. The second-order valence-corrected chi connectivity index (χ2v) is 10.5. The molecule has 0 fully saturated rings. The van der Waals surface area contributed by atoms with Gasteiger partial charge in [0, 0.05) is 35.1 Å². The molecule has 40 heavy (non-hydrogen) atoms. The first-order valence-corrected chi connectivity index (χ1v) is 13.5. The first kappa shape index (κ1) is 26.4. The Morgan fingerprint density at radius 1 is 0.775 bits per heavy atom. The molecule has 2 aliphatic rings. The van der Waals surface area contributed by atoms with Crippen LogP contribution in [0.3, 0.4) is 0 Å². The van der Waals surface area contributed by atoms with E-state index in [-0.39, 0.29) is 30.0 Å². The van der Waals surface area contributed by atoms with Gasteiger partial charge < -0.3 is 19.4 Å². The molecule has 0 spiro atoms. The van der Waals surface area contributed by atoms with Crippen LogP contribution < -0.4 is 10.9 Å². The second kappa shape index (κ2) is 10.6. The average Bonchev–Trinajstić information content (AvgIpc) is 2.99. The van der Waals surface area contributed by atoms with Crippen molar-refractivity contribution < 1.29 is 28.9 Å². The smallest absolute Gasteiger partial charge is 0.423 e. The molecule has 2 atom stereocenters. The van der Waals surface area contributed by atoms with E-state index in [1.54, 1.807) is 48.5 Å². The van der Waals surface area contributed by atoms with E-state index in [1.165, 1.54) is 0 Å². The predicted octanol–water partition coefficient (Wildman–Crippen LogP) is 3.64. The van der Waals surface area contributed by atoms with Crippen molar-refractivity contribution in [1.29, 1.82) is 0 Å². The number of hydrogen-bond acceptors (Lipinski definition) is 6. The maximum atomic E-state index is 14.1. The number of benzene rings is 4. The molecule has 198 valence electrons. The van der Waals surface area contributed by atoms with E-state index in [1.807, 2.05) is 55.5 Å². The van der Waals surface area contributed by atoms with Gasteiger partial charge in [-0.3, -0.25) is 9.59 Å². The summed E-state index contributed by atoms with van der Waals surface area (Å²) in [5.41, 5.74) is 1.35. The number of fused-ring (bicyclic) bond motifs is 2. The van der Waals surface area contributed by atoms with Gasteiger partial charge in [0.05, 0.1) is 11.7 Å². The van der Waals surface area contributed by atoms with Crippen LogP contribution in [0.2, 0.25) is 0 Å². The molecule has 0 aliphatic heterocycles. The van der Waals surface area contributed by atoms with Gasteiger partial charge in [-0.15, -0.1) is 0 Å². The highest BCUT2D eigenvalue weighted by Gasteiger charge is 2.49. The summed E-state index contributed by atoms with van der Waals surface area (Å²) in [4.78, 5) is 28.1. The van der Waals surface area contributed by atoms with Gasteiger partial charge in [0.1, 0.15) is 0 Å². The molecule has 0 saturated carbocycles. The lowest BCUT2D eigenvalue weighted by Crippen LogP contribution is -2.52. The molecule has 2 aliphatic carbocycles. The number of Topliss-reactive ketones (excluding diaryl/α,β-unsaturated/α-hetero) is 2. The van der Waals surface area contributed by atoms with Gasteiger partial charge >= 0.3 is 14.2 Å². The van der Waals surface area contributed by atoms with Crippen molar-refractivity contribution in [2.45, 2.75) is 37.9 Å². The third-order valence-electron chi connectivity index (χ3n) is 8.07. The maximum Gasteiger partial charge on any atom is 0.491 e. The molecule has 6 nitrogen and oxygen atoms in total. The summed E-state index contributed by atoms with van der Waals surface area (Å²) >= 11 is 0. The van der Waals surface area contributed by atoms with Crippen molar-refractivity contribution in [2.24, 2.45) is 0 Å². The highest BCUT2D eigenvalue weighted by molar-refractivity contribution is 6.60. The van der Waals surface area contributed by atoms with E-state index < -0.39 is 25.9 Å². The summed E-state index contributed by atoms with van der Waals surface area (Å²) in [6.45, 7) is 1.92. The maximum absolute atomic E-state index is 14.1. The van der Waals surface area contributed by atoms with Crippen LogP contribution in [0, 0.1) is 0 Å². The van der Waals surface area contributed by atoms with Gasteiger partial charge in [0.25, 0.3) is 0 Å². The average molecular weight is 530 g/mol. The molecular formula is C32H28B2O6. The van der Waals surface area contributed by atoms with Crippen molar-refractivity contribution in [3.8, 4) is 0 Å². The van der Waals surface area contributed by atoms with Crippen molar-refractivity contribution in [1.82, 2.24) is 0 Å². The molecule has 0 bridgehead atoms. The minimum Gasteiger partial charge on any atom is -0.423 e. The van der Waals surface area contributed by atoms with E-state index >= 15 is 0 Å². The minimum atomic E-state index is -1.33. The summed E-state index contributed by atoms with van der Waals surface area (Å²) in [5, 5.41) is 23.8. The fourth-order valence-electron chi connectivity index (χ4n) is 5.87. The van der Waals surface area contributed by atoms with Gasteiger partial charge in [0.15, 0.2) is 11.6 Å². The molecule has 4 aromatic rings. The number of ketones is 2. The topological polar surface area (TPSA) is 93.1 Å². The summed E-state index contributed by atoms with van der Waals surface area (Å²) in [7, 11) is -2.57. The van der Waals surface area contributed by atoms with Crippen molar-refractivity contribution in [3.63, 3.8) is 0 Å². The molecule has 0 aromatic heterocycles. The zero-order valence-electron chi connectivity index (χ0n) is 22.1. The fourth-order valence-corrected chi connectivity index (χ4v) is 5.87. The highest BCUT2D eigenvalue weighted by atomic mass is 16.5. The van der Waals surface area contributed by atoms with Crippen LogP contribution in [-0.4, -0.2) is 47.6 Å². The van der Waals surface area contributed by atoms with E-state index in [2.05, 4.69) is 0 Å². The summed E-state index contributed by atoms with van der Waals surface area (Å²) in [6.07, 6.45) is -0.169. The van der Waals surface area contributed by atoms with Gasteiger partial charge in [-0.2, -0.15) is 0 Å². The molecule has 0 radical (unpaired) electrons. The summed E-state index contributed by atoms with van der Waals surface area (Å²) in [5.74, 6) is -0.539. The number of hydrogen-bond donors (Lipinski definition) is 2. The molecule has 6 rings (SSSR count). The van der Waals surface area contributed by atoms with Crippen LogP contribution in [-0.2, 0) is 9.31 Å². The third-order valence-corrected chi connectivity index (χ3v) is 8.07. The van der Waals surface area contributed by atoms with Crippen molar-refractivity contribution in [2.75, 3.05) is 0 Å². The Hall–Kier alpha value is -3.81. The van der Waals surface area contributed by atoms with E-state index in [0.717, 1.165) is 10.8 Å². The Bertz CT molecular complexity index is 1620. The molecular weight excluding hydrogens is 502 g/mol. The number of rotatable bonds is 7. The second-order valence-electron chi connectivity index (χ2n) is 10.5. The Morgan fingerprint density at radius 2 is 1.30 bits per heavy atom. The summed E-state index contributed by atoms with van der Waals surface area (Å²) in [6, 6.07) is 29.0. The Morgan fingerprint density at radius 3 is 1.88 bits per heavy atom. The predicted molar refractivity (Wildman–Crippen MR) is 156 cm³/mol. The van der Waals surface area contributed by atoms with Crippen LogP contribution >= 0.6 is 0 Å². The van der Waals surface area contributed by atoms with Crippen molar-refractivity contribution in [3.05, 3.63) is 119 Å². The molecule has 0 amide bonds. The molecule has 8 heteroatoms. The zero-order valence-corrected chi connectivity index (χ0v) is 22.1. The zero-order chi connectivity index (χ0) is 27.9. The minimum absolute atomic E-state index is 0.140. The SMILES string of the molecule is CC[C@]1(OB(O)c2ccccc2)CC2=C(C(=O)c3cc4ccccc4cc3C2=O)[C@@H](OB(O)c2ccccc2)C1. The number of carbonyl (C=O) groups is 2. The van der Waals surface area contributed by atoms with Crippen molar-refractivity contribution >= 4 is 47.5 Å². The lowest BCUT2D eigenvalue weighted by atomic mass is 9.67. The number of carbonyl (C=O) groups excluding carboxylic acids is 2. The molecule has 2 N–H and O–H groups in total. The highest BCUT2D eigenvalue weighted by Crippen LogP contribution is 2.45. The van der Waals surface area contributed by atoms with Crippen LogP contribution in [0.1, 0.15) is 46.9 Å². The van der Waals surface area contributed by atoms with Gasteiger partial charge in [-0.1, -0.05) is 91.9 Å². The van der Waals surface area contributed by atoms with E-state index in [9.17, 15) is 19.6 Å². The Kier molecular flexibility index (Phi) is 7.02. The third kappa shape index (κ3) is 4.73. The Balaban J connectivity index is 1.44. The van der Waals surface area contributed by atoms with Crippen LogP contribution in [0.25, 0.3) is 10.8 Å². The van der Waals surface area contributed by atoms with Gasteiger partial charge in [0.2, 0.25) is 0 Å². The molecule has 4 aromatic carbocycles. The van der Waals surface area contributed by atoms with E-state index in [4.69, 9.17) is 9.31 Å². The monoisotopic (exact) mass is 530 g/mol. The first-order valence-electron chi connectivity index (χ1n) is 13.5. The van der Waals surface area contributed by atoms with Gasteiger partial charge in [-0.25, -0.2) is 0 Å². The summed E-state index contributed by atoms with van der Waals surface area (Å²) < 4.78 is 12.5. The lowest BCUT2D eigenvalue weighted by molar-refractivity contribution is -0.00203. The standard InChI is InChI=1S/C32H28B2O6/c1-2-32(40-34(38)24-15-7-4-8-16-24)19-27-29(28(20-32)39-33(37)23-13-5-3-6-14-23)31(36)26-18-22-12-10-9-11-21(22)17-25(26)30(27)35/h3-18,28,37-38H,2,19-20H2,1H3/t28-,32-/m0/s1. The quantitative estimate of drug-likeness (QED) is 0.355. The Labute approximate surface area is 233 Å². The fraction of sp³-hybridized carbons (Fsp3) is 0.188. The molecule has 0 heterocycles. The normalized spacial score (nSPS) is 20.3. The van der Waals surface area contributed by atoms with Crippen LogP contribution in [0.5, 0.6) is 0 Å². The van der Waals surface area contributed by atoms with E-state index in [0.29, 0.717) is 34.0 Å².